The highest BCUT2D eigenvalue weighted by Crippen LogP contribution is 2.28. The molecule has 1 amide bonds. The second kappa shape index (κ2) is 8.06. The highest BCUT2D eigenvalue weighted by Gasteiger charge is 2.15. The number of carbonyl (C=O) groups excluding carboxylic acids is 1. The molecule has 0 bridgehead atoms. The summed E-state index contributed by atoms with van der Waals surface area (Å²) in [6.07, 6.45) is 5.54. The van der Waals surface area contributed by atoms with Crippen LogP contribution in [0.2, 0.25) is 10.0 Å². The van der Waals surface area contributed by atoms with Crippen LogP contribution < -0.4 is 10.1 Å². The van der Waals surface area contributed by atoms with E-state index in [1.807, 2.05) is 10.8 Å². The number of imidazole rings is 1. The lowest BCUT2D eigenvalue weighted by molar-refractivity contribution is -0.127. The highest BCUT2D eigenvalue weighted by molar-refractivity contribution is 6.35. The Balaban J connectivity index is 1.74. The van der Waals surface area contributed by atoms with Gasteiger partial charge in [-0.2, -0.15) is 0 Å². The Kier molecular flexibility index (Phi) is 6.10. The number of ether oxygens (including phenoxy) is 1. The number of halogens is 2. The van der Waals surface area contributed by atoms with E-state index in [2.05, 4.69) is 10.3 Å². The third-order valence-corrected chi connectivity index (χ3v) is 3.55. The quantitative estimate of drug-likeness (QED) is 0.787. The van der Waals surface area contributed by atoms with Gasteiger partial charge in [0.25, 0.3) is 5.91 Å². The molecule has 2 aromatic rings. The first kappa shape index (κ1) is 16.6. The molecule has 1 N–H and O–H groups in total. The summed E-state index contributed by atoms with van der Waals surface area (Å²) in [4.78, 5) is 15.9. The van der Waals surface area contributed by atoms with E-state index < -0.39 is 6.10 Å². The van der Waals surface area contributed by atoms with Gasteiger partial charge in [0, 0.05) is 30.5 Å². The molecule has 2 rings (SSSR count). The third kappa shape index (κ3) is 4.93. The molecule has 118 valence electrons. The monoisotopic (exact) mass is 341 g/mol. The zero-order valence-corrected chi connectivity index (χ0v) is 13.6. The van der Waals surface area contributed by atoms with Crippen LogP contribution in [-0.2, 0) is 11.3 Å². The van der Waals surface area contributed by atoms with Crippen LogP contribution in [0.5, 0.6) is 5.75 Å². The van der Waals surface area contributed by atoms with Crippen LogP contribution in [0.4, 0.5) is 0 Å². The molecule has 0 spiro atoms. The molecular weight excluding hydrogens is 325 g/mol. The van der Waals surface area contributed by atoms with Gasteiger partial charge in [0.2, 0.25) is 0 Å². The lowest BCUT2D eigenvalue weighted by atomic mass is 10.3. The summed E-state index contributed by atoms with van der Waals surface area (Å²) in [5, 5.41) is 3.73. The first-order valence-corrected chi connectivity index (χ1v) is 7.67. The Hall–Kier alpha value is -1.72. The lowest BCUT2D eigenvalue weighted by Crippen LogP contribution is -2.37. The largest absolute Gasteiger partial charge is 0.479 e. The fraction of sp³-hybridized carbons (Fsp3) is 0.333. The smallest absolute Gasteiger partial charge is 0.260 e. The van der Waals surface area contributed by atoms with Gasteiger partial charge in [-0.15, -0.1) is 0 Å². The van der Waals surface area contributed by atoms with Crippen molar-refractivity contribution in [2.24, 2.45) is 0 Å². The second-order valence-corrected chi connectivity index (χ2v) is 5.62. The van der Waals surface area contributed by atoms with E-state index in [0.717, 1.165) is 13.0 Å². The molecule has 1 aromatic heterocycles. The Morgan fingerprint density at radius 2 is 2.27 bits per heavy atom. The number of amides is 1. The van der Waals surface area contributed by atoms with Gasteiger partial charge in [0.1, 0.15) is 5.75 Å². The summed E-state index contributed by atoms with van der Waals surface area (Å²) >= 11 is 11.8. The van der Waals surface area contributed by atoms with Gasteiger partial charge in [0.15, 0.2) is 6.10 Å². The summed E-state index contributed by atoms with van der Waals surface area (Å²) in [5.41, 5.74) is 0. The maximum Gasteiger partial charge on any atom is 0.260 e. The number of hydrogen-bond donors (Lipinski definition) is 1. The normalized spacial score (nSPS) is 12.0. The third-order valence-electron chi connectivity index (χ3n) is 3.02. The molecule has 0 unspecified atom stereocenters. The van der Waals surface area contributed by atoms with E-state index in [1.54, 1.807) is 37.6 Å². The van der Waals surface area contributed by atoms with Crippen molar-refractivity contribution in [1.29, 1.82) is 0 Å². The molecule has 0 aliphatic rings. The summed E-state index contributed by atoms with van der Waals surface area (Å²) in [7, 11) is 0. The molecule has 0 aliphatic carbocycles. The van der Waals surface area contributed by atoms with Crippen LogP contribution in [0.15, 0.2) is 36.9 Å². The van der Waals surface area contributed by atoms with E-state index in [0.29, 0.717) is 22.3 Å². The van der Waals surface area contributed by atoms with Gasteiger partial charge in [-0.1, -0.05) is 23.2 Å². The van der Waals surface area contributed by atoms with Gasteiger partial charge in [-0.05, 0) is 31.5 Å². The molecular formula is C15H17Cl2N3O2. The van der Waals surface area contributed by atoms with E-state index in [-0.39, 0.29) is 5.91 Å². The second-order valence-electron chi connectivity index (χ2n) is 4.78. The molecule has 0 fully saturated rings. The number of aromatic nitrogens is 2. The Bertz CT molecular complexity index is 617. The van der Waals surface area contributed by atoms with Gasteiger partial charge < -0.3 is 14.6 Å². The van der Waals surface area contributed by atoms with Crippen molar-refractivity contribution in [2.75, 3.05) is 6.54 Å². The molecule has 0 saturated carbocycles. The number of rotatable bonds is 7. The predicted molar refractivity (Wildman–Crippen MR) is 86.4 cm³/mol. The average molecular weight is 342 g/mol. The topological polar surface area (TPSA) is 56.1 Å². The summed E-state index contributed by atoms with van der Waals surface area (Å²) in [6.45, 7) is 3.05. The van der Waals surface area contributed by atoms with Crippen molar-refractivity contribution >= 4 is 29.1 Å². The van der Waals surface area contributed by atoms with Crippen LogP contribution in [0.25, 0.3) is 0 Å². The molecule has 7 heteroatoms. The van der Waals surface area contributed by atoms with Crippen LogP contribution in [0, 0.1) is 0 Å². The summed E-state index contributed by atoms with van der Waals surface area (Å²) < 4.78 is 7.50. The lowest BCUT2D eigenvalue weighted by Gasteiger charge is -2.15. The maximum atomic E-state index is 12.0. The van der Waals surface area contributed by atoms with Gasteiger partial charge in [-0.25, -0.2) is 4.98 Å². The van der Waals surface area contributed by atoms with Crippen molar-refractivity contribution in [3.05, 3.63) is 47.0 Å². The van der Waals surface area contributed by atoms with E-state index >= 15 is 0 Å². The molecule has 1 heterocycles. The molecule has 1 aromatic carbocycles. The van der Waals surface area contributed by atoms with E-state index in [4.69, 9.17) is 27.9 Å². The van der Waals surface area contributed by atoms with E-state index in [9.17, 15) is 4.79 Å². The van der Waals surface area contributed by atoms with Gasteiger partial charge >= 0.3 is 0 Å². The Morgan fingerprint density at radius 3 is 2.95 bits per heavy atom. The zero-order chi connectivity index (χ0) is 15.9. The van der Waals surface area contributed by atoms with Crippen LogP contribution in [-0.4, -0.2) is 28.1 Å². The number of hydrogen-bond acceptors (Lipinski definition) is 3. The standard InChI is InChI=1S/C15H17Cl2N3O2/c1-11(22-14-4-3-12(16)9-13(14)17)15(21)19-5-2-7-20-8-6-18-10-20/h3-4,6,8-11H,2,5,7H2,1H3,(H,19,21)/t11-/m0/s1. The molecule has 22 heavy (non-hydrogen) atoms. The Morgan fingerprint density at radius 1 is 1.45 bits per heavy atom. The molecule has 0 aliphatic heterocycles. The average Bonchev–Trinajstić information content (AvgIpc) is 2.99. The fourth-order valence-electron chi connectivity index (χ4n) is 1.85. The Labute approximate surface area is 139 Å². The number of nitrogens with zero attached hydrogens (tertiary/aromatic N) is 2. The van der Waals surface area contributed by atoms with Crippen LogP contribution in [0.3, 0.4) is 0 Å². The van der Waals surface area contributed by atoms with Gasteiger partial charge in [-0.3, -0.25) is 4.79 Å². The minimum atomic E-state index is -0.632. The SMILES string of the molecule is C[C@H](Oc1ccc(Cl)cc1Cl)C(=O)NCCCn1ccnc1. The maximum absolute atomic E-state index is 12.0. The molecule has 0 saturated heterocycles. The number of aryl methyl sites for hydroxylation is 1. The molecule has 5 nitrogen and oxygen atoms in total. The first-order chi connectivity index (χ1) is 10.6. The fourth-order valence-corrected chi connectivity index (χ4v) is 2.30. The summed E-state index contributed by atoms with van der Waals surface area (Å²) in [5.74, 6) is 0.253. The van der Waals surface area contributed by atoms with Crippen molar-refractivity contribution in [1.82, 2.24) is 14.9 Å². The van der Waals surface area contributed by atoms with Gasteiger partial charge in [0.05, 0.1) is 11.3 Å². The molecule has 0 radical (unpaired) electrons. The number of carbonyl (C=O) groups is 1. The minimum Gasteiger partial charge on any atom is -0.479 e. The predicted octanol–water partition coefficient (Wildman–Crippen LogP) is 3.16. The molecule has 1 atom stereocenters. The van der Waals surface area contributed by atoms with Crippen molar-refractivity contribution in [2.45, 2.75) is 26.0 Å². The highest BCUT2D eigenvalue weighted by atomic mass is 35.5. The first-order valence-electron chi connectivity index (χ1n) is 6.91. The minimum absolute atomic E-state index is 0.184. The van der Waals surface area contributed by atoms with Crippen molar-refractivity contribution < 1.29 is 9.53 Å². The number of benzene rings is 1. The van der Waals surface area contributed by atoms with E-state index in [1.165, 1.54) is 0 Å². The summed E-state index contributed by atoms with van der Waals surface area (Å²) in [6, 6.07) is 4.89. The van der Waals surface area contributed by atoms with Crippen LogP contribution in [0.1, 0.15) is 13.3 Å². The van der Waals surface area contributed by atoms with Crippen LogP contribution >= 0.6 is 23.2 Å². The zero-order valence-electron chi connectivity index (χ0n) is 12.1. The van der Waals surface area contributed by atoms with Crippen molar-refractivity contribution in [3.8, 4) is 5.75 Å². The number of nitrogens with one attached hydrogen (secondary N) is 1. The van der Waals surface area contributed by atoms with Crippen molar-refractivity contribution in [3.63, 3.8) is 0 Å².